The smallest absolute Gasteiger partial charge is 0.205 e. The first-order valence-corrected chi connectivity index (χ1v) is 10.8. The normalized spacial score (nSPS) is 23.6. The Bertz CT molecular complexity index is 615. The summed E-state index contributed by atoms with van der Waals surface area (Å²) in [5.41, 5.74) is 0. The summed E-state index contributed by atoms with van der Waals surface area (Å²) in [6.07, 6.45) is 0.896. The van der Waals surface area contributed by atoms with Crippen molar-refractivity contribution in [3.8, 4) is 0 Å². The standard InChI is InChI=1S/C18H33N7OS/c1-5-16-21-18(27-22-16)24-8-6-23(7-9-24)17(19-4)20-12-14(2)25-10-11-26-13-15(25)3/h14-15H,5-13H2,1-4H3,(H,19,20). The number of aromatic nitrogens is 2. The molecule has 0 spiro atoms. The van der Waals surface area contributed by atoms with E-state index in [2.05, 4.69) is 55.1 Å². The minimum Gasteiger partial charge on any atom is -0.379 e. The van der Waals surface area contributed by atoms with Crippen molar-refractivity contribution in [1.29, 1.82) is 0 Å². The first-order chi connectivity index (χ1) is 13.1. The highest BCUT2D eigenvalue weighted by Gasteiger charge is 2.25. The summed E-state index contributed by atoms with van der Waals surface area (Å²) in [7, 11) is 1.87. The van der Waals surface area contributed by atoms with E-state index in [1.807, 2.05) is 7.05 Å². The number of anilines is 1. The number of aliphatic imine (C=N–C) groups is 1. The van der Waals surface area contributed by atoms with Gasteiger partial charge in [-0.25, -0.2) is 4.98 Å². The molecule has 0 aliphatic carbocycles. The van der Waals surface area contributed by atoms with E-state index in [-0.39, 0.29) is 0 Å². The van der Waals surface area contributed by atoms with Crippen molar-refractivity contribution in [2.75, 3.05) is 64.4 Å². The predicted octanol–water partition coefficient (Wildman–Crippen LogP) is 0.907. The molecule has 3 heterocycles. The van der Waals surface area contributed by atoms with Gasteiger partial charge in [-0.1, -0.05) is 6.92 Å². The van der Waals surface area contributed by atoms with Crippen LogP contribution in [0.5, 0.6) is 0 Å². The van der Waals surface area contributed by atoms with Crippen LogP contribution >= 0.6 is 11.5 Å². The Balaban J connectivity index is 1.47. The molecular weight excluding hydrogens is 362 g/mol. The molecule has 9 heteroatoms. The van der Waals surface area contributed by atoms with Gasteiger partial charge in [-0.3, -0.25) is 9.89 Å². The second-order valence-electron chi connectivity index (χ2n) is 7.26. The zero-order valence-electron chi connectivity index (χ0n) is 17.0. The number of hydrogen-bond acceptors (Lipinski definition) is 7. The highest BCUT2D eigenvalue weighted by Crippen LogP contribution is 2.19. The van der Waals surface area contributed by atoms with Crippen molar-refractivity contribution in [3.05, 3.63) is 5.82 Å². The Morgan fingerprint density at radius 2 is 2.11 bits per heavy atom. The summed E-state index contributed by atoms with van der Waals surface area (Å²) in [5, 5.41) is 4.62. The third kappa shape index (κ3) is 5.08. The zero-order valence-corrected chi connectivity index (χ0v) is 17.8. The lowest BCUT2D eigenvalue weighted by molar-refractivity contribution is -0.0175. The van der Waals surface area contributed by atoms with Crippen molar-refractivity contribution >= 4 is 22.6 Å². The minimum atomic E-state index is 0.454. The fourth-order valence-corrected chi connectivity index (χ4v) is 4.51. The maximum absolute atomic E-state index is 5.55. The average Bonchev–Trinajstić information content (AvgIpc) is 3.18. The third-order valence-corrected chi connectivity index (χ3v) is 6.19. The Morgan fingerprint density at radius 3 is 2.74 bits per heavy atom. The molecule has 0 bridgehead atoms. The molecule has 152 valence electrons. The number of hydrogen-bond donors (Lipinski definition) is 1. The van der Waals surface area contributed by atoms with Gasteiger partial charge in [0, 0.05) is 76.4 Å². The molecule has 2 atom stereocenters. The SMILES string of the molecule is CCc1nsc(N2CCN(C(=NC)NCC(C)N3CCOCC3C)CC2)n1. The van der Waals surface area contributed by atoms with Crippen LogP contribution in [-0.4, -0.2) is 96.7 Å². The Labute approximate surface area is 166 Å². The summed E-state index contributed by atoms with van der Waals surface area (Å²) in [6.45, 7) is 14.0. The van der Waals surface area contributed by atoms with Gasteiger partial charge >= 0.3 is 0 Å². The van der Waals surface area contributed by atoms with Crippen LogP contribution in [0.4, 0.5) is 5.13 Å². The molecule has 2 saturated heterocycles. The van der Waals surface area contributed by atoms with Crippen LogP contribution < -0.4 is 10.2 Å². The van der Waals surface area contributed by atoms with Gasteiger partial charge in [-0.05, 0) is 13.8 Å². The summed E-state index contributed by atoms with van der Waals surface area (Å²) in [5.74, 6) is 1.94. The number of guanidine groups is 1. The van der Waals surface area contributed by atoms with Gasteiger partial charge in [0.05, 0.1) is 13.2 Å². The quantitative estimate of drug-likeness (QED) is 0.587. The molecule has 0 radical (unpaired) electrons. The van der Waals surface area contributed by atoms with E-state index in [1.165, 1.54) is 11.5 Å². The van der Waals surface area contributed by atoms with E-state index in [4.69, 9.17) is 4.74 Å². The van der Waals surface area contributed by atoms with Crippen LogP contribution in [0.1, 0.15) is 26.6 Å². The molecular formula is C18H33N7OS. The van der Waals surface area contributed by atoms with Crippen molar-refractivity contribution in [1.82, 2.24) is 24.5 Å². The largest absolute Gasteiger partial charge is 0.379 e. The monoisotopic (exact) mass is 395 g/mol. The molecule has 0 saturated carbocycles. The summed E-state index contributed by atoms with van der Waals surface area (Å²) in [6, 6.07) is 0.928. The fourth-order valence-electron chi connectivity index (χ4n) is 3.71. The summed E-state index contributed by atoms with van der Waals surface area (Å²) < 4.78 is 9.96. The molecule has 2 unspecified atom stereocenters. The maximum Gasteiger partial charge on any atom is 0.205 e. The Hall–Kier alpha value is -1.45. The molecule has 2 fully saturated rings. The lowest BCUT2D eigenvalue weighted by Gasteiger charge is -2.39. The van der Waals surface area contributed by atoms with Gasteiger partial charge in [-0.15, -0.1) is 0 Å². The number of rotatable bonds is 5. The highest BCUT2D eigenvalue weighted by atomic mass is 32.1. The van der Waals surface area contributed by atoms with Crippen molar-refractivity contribution < 1.29 is 4.74 Å². The van der Waals surface area contributed by atoms with Crippen LogP contribution in [0.25, 0.3) is 0 Å². The lowest BCUT2D eigenvalue weighted by Crippen LogP contribution is -2.56. The number of ether oxygens (including phenoxy) is 1. The van der Waals surface area contributed by atoms with E-state index in [1.54, 1.807) is 0 Å². The van der Waals surface area contributed by atoms with Gasteiger partial charge in [-0.2, -0.15) is 4.37 Å². The number of morpholine rings is 1. The van der Waals surface area contributed by atoms with Crippen LogP contribution in [0, 0.1) is 0 Å². The molecule has 2 aliphatic rings. The number of nitrogens with one attached hydrogen (secondary N) is 1. The van der Waals surface area contributed by atoms with Crippen molar-refractivity contribution in [2.45, 2.75) is 39.3 Å². The minimum absolute atomic E-state index is 0.454. The van der Waals surface area contributed by atoms with E-state index in [0.29, 0.717) is 12.1 Å². The third-order valence-electron chi connectivity index (χ3n) is 5.38. The molecule has 1 aromatic rings. The molecule has 0 aromatic carbocycles. The molecule has 3 rings (SSSR count). The first-order valence-electron chi connectivity index (χ1n) is 9.99. The average molecular weight is 396 g/mol. The summed E-state index contributed by atoms with van der Waals surface area (Å²) >= 11 is 1.51. The van der Waals surface area contributed by atoms with Crippen LogP contribution in [0.15, 0.2) is 4.99 Å². The molecule has 27 heavy (non-hydrogen) atoms. The van der Waals surface area contributed by atoms with Crippen LogP contribution in [-0.2, 0) is 11.2 Å². The first kappa shape index (κ1) is 20.3. The number of nitrogens with zero attached hydrogens (tertiary/aromatic N) is 6. The van der Waals surface area contributed by atoms with Gasteiger partial charge in [0.2, 0.25) is 5.13 Å². The highest BCUT2D eigenvalue weighted by molar-refractivity contribution is 7.09. The molecule has 0 amide bonds. The fraction of sp³-hybridized carbons (Fsp3) is 0.833. The van der Waals surface area contributed by atoms with E-state index >= 15 is 0 Å². The van der Waals surface area contributed by atoms with Crippen molar-refractivity contribution in [2.24, 2.45) is 4.99 Å². The second kappa shape index (κ2) is 9.66. The molecule has 1 N–H and O–H groups in total. The zero-order chi connectivity index (χ0) is 19.2. The lowest BCUT2D eigenvalue weighted by atomic mass is 10.2. The molecule has 1 aromatic heterocycles. The second-order valence-corrected chi connectivity index (χ2v) is 7.99. The van der Waals surface area contributed by atoms with Gasteiger partial charge in [0.25, 0.3) is 0 Å². The van der Waals surface area contributed by atoms with Gasteiger partial charge < -0.3 is 19.9 Å². The van der Waals surface area contributed by atoms with Gasteiger partial charge in [0.1, 0.15) is 5.82 Å². The van der Waals surface area contributed by atoms with E-state index < -0.39 is 0 Å². The number of aryl methyl sites for hydroxylation is 1. The van der Waals surface area contributed by atoms with Crippen LogP contribution in [0.3, 0.4) is 0 Å². The maximum atomic E-state index is 5.55. The number of piperazine rings is 1. The van der Waals surface area contributed by atoms with Gasteiger partial charge in [0.15, 0.2) is 5.96 Å². The topological polar surface area (TPSA) is 69.1 Å². The van der Waals surface area contributed by atoms with E-state index in [0.717, 1.165) is 75.8 Å². The van der Waals surface area contributed by atoms with Crippen molar-refractivity contribution in [3.63, 3.8) is 0 Å². The molecule has 8 nitrogen and oxygen atoms in total. The van der Waals surface area contributed by atoms with Crippen LogP contribution in [0.2, 0.25) is 0 Å². The van der Waals surface area contributed by atoms with E-state index in [9.17, 15) is 0 Å². The molecule has 2 aliphatic heterocycles. The summed E-state index contributed by atoms with van der Waals surface area (Å²) in [4.78, 5) is 16.3. The predicted molar refractivity (Wildman–Crippen MR) is 111 cm³/mol. The Kier molecular flexibility index (Phi) is 7.26. The Morgan fingerprint density at radius 1 is 1.33 bits per heavy atom.